The maximum absolute atomic E-state index is 12.1. The van der Waals surface area contributed by atoms with Gasteiger partial charge in [-0.1, -0.05) is 6.92 Å². The van der Waals surface area contributed by atoms with Gasteiger partial charge in [-0.25, -0.2) is 12.7 Å². The molecule has 0 aromatic carbocycles. The average molecular weight is 300 g/mol. The van der Waals surface area contributed by atoms with Crippen LogP contribution in [0, 0.1) is 0 Å². The predicted octanol–water partition coefficient (Wildman–Crippen LogP) is 1.59. The summed E-state index contributed by atoms with van der Waals surface area (Å²) >= 11 is 0. The van der Waals surface area contributed by atoms with E-state index >= 15 is 0 Å². The summed E-state index contributed by atoms with van der Waals surface area (Å²) in [6.07, 6.45) is 5.11. The molecule has 1 saturated carbocycles. The molecule has 0 aliphatic heterocycles. The third-order valence-corrected chi connectivity index (χ3v) is 5.62. The lowest BCUT2D eigenvalue weighted by Gasteiger charge is -2.41. The van der Waals surface area contributed by atoms with E-state index in [9.17, 15) is 13.2 Å². The molecule has 0 unspecified atom stereocenters. The first-order valence-electron chi connectivity index (χ1n) is 6.64. The first kappa shape index (κ1) is 15.1. The molecular weight excluding hydrogens is 280 g/mol. The van der Waals surface area contributed by atoms with Gasteiger partial charge in [0.05, 0.1) is 5.56 Å². The molecule has 1 N–H and O–H groups in total. The smallest absolute Gasteiger partial charge is 0.275 e. The highest BCUT2D eigenvalue weighted by Crippen LogP contribution is 2.35. The number of carbonyl (C=O) groups is 1. The summed E-state index contributed by atoms with van der Waals surface area (Å²) in [6, 6.07) is 1.27. The molecule has 6 nitrogen and oxygen atoms in total. The summed E-state index contributed by atoms with van der Waals surface area (Å²) in [7, 11) is -0.814. The quantitative estimate of drug-likeness (QED) is 0.895. The van der Waals surface area contributed by atoms with Gasteiger partial charge in [-0.3, -0.25) is 4.79 Å². The number of furan rings is 1. The number of nitrogens with zero attached hydrogens (tertiary/aromatic N) is 1. The normalized spacial score (nSPS) is 17.8. The Hall–Kier alpha value is -1.34. The molecule has 1 fully saturated rings. The standard InChI is InChI=1S/C13H20N2O4S/c1-4-13(6-5-7-13)14-12(16)10-8-11(19-9-10)20(17,18)15(2)3/h8-9H,4-7H2,1-3H3,(H,14,16). The van der Waals surface area contributed by atoms with Crippen LogP contribution in [0.15, 0.2) is 21.8 Å². The van der Waals surface area contributed by atoms with Crippen LogP contribution in [0.5, 0.6) is 0 Å². The van der Waals surface area contributed by atoms with Gasteiger partial charge in [0.1, 0.15) is 6.26 Å². The van der Waals surface area contributed by atoms with Crippen molar-refractivity contribution in [3.63, 3.8) is 0 Å². The molecule has 0 bridgehead atoms. The predicted molar refractivity (Wildman–Crippen MR) is 73.9 cm³/mol. The Balaban J connectivity index is 2.15. The van der Waals surface area contributed by atoms with Gasteiger partial charge in [0.15, 0.2) is 0 Å². The van der Waals surface area contributed by atoms with Crippen LogP contribution < -0.4 is 5.32 Å². The fourth-order valence-electron chi connectivity index (χ4n) is 2.23. The van der Waals surface area contributed by atoms with Crippen molar-refractivity contribution in [2.75, 3.05) is 14.1 Å². The number of amides is 1. The Morgan fingerprint density at radius 3 is 2.55 bits per heavy atom. The topological polar surface area (TPSA) is 79.6 Å². The highest BCUT2D eigenvalue weighted by Gasteiger charge is 2.37. The molecule has 1 aromatic heterocycles. The zero-order valence-electron chi connectivity index (χ0n) is 12.0. The summed E-state index contributed by atoms with van der Waals surface area (Å²) in [4.78, 5) is 12.1. The van der Waals surface area contributed by atoms with Gasteiger partial charge >= 0.3 is 0 Å². The Morgan fingerprint density at radius 2 is 2.10 bits per heavy atom. The Morgan fingerprint density at radius 1 is 1.45 bits per heavy atom. The van der Waals surface area contributed by atoms with Gasteiger partial charge in [-0.05, 0) is 25.7 Å². The maximum Gasteiger partial charge on any atom is 0.275 e. The van der Waals surface area contributed by atoms with Gasteiger partial charge in [-0.15, -0.1) is 0 Å². The first-order chi connectivity index (χ1) is 9.31. The lowest BCUT2D eigenvalue weighted by Crippen LogP contribution is -2.52. The summed E-state index contributed by atoms with van der Waals surface area (Å²) in [5.41, 5.74) is 0.111. The molecular formula is C13H20N2O4S. The van der Waals surface area contributed by atoms with Crippen LogP contribution in [-0.2, 0) is 10.0 Å². The molecule has 0 spiro atoms. The van der Waals surface area contributed by atoms with Crippen molar-refractivity contribution < 1.29 is 17.6 Å². The van der Waals surface area contributed by atoms with E-state index in [1.165, 1.54) is 26.4 Å². The second-order valence-electron chi connectivity index (χ2n) is 5.38. The summed E-state index contributed by atoms with van der Waals surface area (Å²) < 4.78 is 29.8. The van der Waals surface area contributed by atoms with Crippen molar-refractivity contribution in [1.29, 1.82) is 0 Å². The van der Waals surface area contributed by atoms with Gasteiger partial charge in [0.25, 0.3) is 15.9 Å². The second kappa shape index (κ2) is 5.21. The summed E-state index contributed by atoms with van der Waals surface area (Å²) in [6.45, 7) is 2.04. The van der Waals surface area contributed by atoms with Crippen LogP contribution in [0.25, 0.3) is 0 Å². The largest absolute Gasteiger partial charge is 0.451 e. The van der Waals surface area contributed by atoms with Gasteiger partial charge in [0, 0.05) is 25.7 Å². The second-order valence-corrected chi connectivity index (χ2v) is 7.47. The van der Waals surface area contributed by atoms with E-state index in [0.29, 0.717) is 0 Å². The molecule has 1 aliphatic carbocycles. The van der Waals surface area contributed by atoms with Crippen molar-refractivity contribution >= 4 is 15.9 Å². The van der Waals surface area contributed by atoms with Crippen LogP contribution in [0.3, 0.4) is 0 Å². The molecule has 20 heavy (non-hydrogen) atoms. The third-order valence-electron chi connectivity index (χ3n) is 3.94. The van der Waals surface area contributed by atoms with E-state index in [-0.39, 0.29) is 22.1 Å². The van der Waals surface area contributed by atoms with Crippen molar-refractivity contribution in [1.82, 2.24) is 9.62 Å². The maximum atomic E-state index is 12.1. The minimum atomic E-state index is -3.64. The monoisotopic (exact) mass is 300 g/mol. The van der Waals surface area contributed by atoms with Crippen molar-refractivity contribution in [2.45, 2.75) is 43.2 Å². The van der Waals surface area contributed by atoms with Crippen molar-refractivity contribution in [3.8, 4) is 0 Å². The molecule has 0 radical (unpaired) electrons. The Bertz CT molecular complexity index is 594. The number of hydrogen-bond acceptors (Lipinski definition) is 4. The van der Waals surface area contributed by atoms with Gasteiger partial charge in [-0.2, -0.15) is 0 Å². The molecule has 7 heteroatoms. The number of hydrogen-bond donors (Lipinski definition) is 1. The Labute approximate surface area is 119 Å². The molecule has 0 atom stereocenters. The lowest BCUT2D eigenvalue weighted by atomic mass is 9.75. The summed E-state index contributed by atoms with van der Waals surface area (Å²) in [5.74, 6) is -0.282. The summed E-state index contributed by atoms with van der Waals surface area (Å²) in [5, 5.41) is 2.77. The molecule has 0 saturated heterocycles. The van der Waals surface area contributed by atoms with E-state index < -0.39 is 10.0 Å². The molecule has 1 amide bonds. The van der Waals surface area contributed by atoms with Crippen LogP contribution in [0.1, 0.15) is 43.0 Å². The number of sulfonamides is 1. The zero-order valence-corrected chi connectivity index (χ0v) is 12.8. The molecule has 1 aromatic rings. The Kier molecular flexibility index (Phi) is 3.93. The van der Waals surface area contributed by atoms with E-state index in [1.54, 1.807) is 0 Å². The molecule has 2 rings (SSSR count). The highest BCUT2D eigenvalue weighted by atomic mass is 32.2. The number of carbonyl (C=O) groups excluding carboxylic acids is 1. The number of nitrogens with one attached hydrogen (secondary N) is 1. The van der Waals surface area contributed by atoms with E-state index in [1.807, 2.05) is 6.92 Å². The van der Waals surface area contributed by atoms with Crippen molar-refractivity contribution in [2.24, 2.45) is 0 Å². The van der Waals surface area contributed by atoms with Gasteiger partial charge in [0.2, 0.25) is 5.09 Å². The van der Waals surface area contributed by atoms with E-state index in [2.05, 4.69) is 5.32 Å². The lowest BCUT2D eigenvalue weighted by molar-refractivity contribution is 0.0820. The molecule has 1 heterocycles. The fraction of sp³-hybridized carbons (Fsp3) is 0.615. The number of rotatable bonds is 5. The average Bonchev–Trinajstić information content (AvgIpc) is 2.83. The minimum absolute atomic E-state index is 0.130. The fourth-order valence-corrected chi connectivity index (χ4v) is 3.04. The van der Waals surface area contributed by atoms with E-state index in [0.717, 1.165) is 30.0 Å². The van der Waals surface area contributed by atoms with Crippen molar-refractivity contribution in [3.05, 3.63) is 17.9 Å². The van der Waals surface area contributed by atoms with Crippen LogP contribution in [-0.4, -0.2) is 38.3 Å². The highest BCUT2D eigenvalue weighted by molar-refractivity contribution is 7.88. The third kappa shape index (κ3) is 2.60. The first-order valence-corrected chi connectivity index (χ1v) is 8.08. The minimum Gasteiger partial charge on any atom is -0.451 e. The molecule has 1 aliphatic rings. The molecule has 112 valence electrons. The van der Waals surface area contributed by atoms with E-state index in [4.69, 9.17) is 4.42 Å². The van der Waals surface area contributed by atoms with Crippen LogP contribution in [0.4, 0.5) is 0 Å². The zero-order chi connectivity index (χ0) is 15.0. The van der Waals surface area contributed by atoms with Crippen LogP contribution in [0.2, 0.25) is 0 Å². The van der Waals surface area contributed by atoms with Crippen LogP contribution >= 0.6 is 0 Å². The SMILES string of the molecule is CCC1(NC(=O)c2coc(S(=O)(=O)N(C)C)c2)CCC1. The van der Waals surface area contributed by atoms with Gasteiger partial charge < -0.3 is 9.73 Å².